The first-order valence-corrected chi connectivity index (χ1v) is 5.95. The highest BCUT2D eigenvalue weighted by molar-refractivity contribution is 5.82. The van der Waals surface area contributed by atoms with E-state index in [1.54, 1.807) is 0 Å². The zero-order valence-electron chi connectivity index (χ0n) is 9.70. The minimum absolute atomic E-state index is 0.0579. The number of aliphatic hydroxyl groups excluding tert-OH is 1. The first kappa shape index (κ1) is 10.9. The van der Waals surface area contributed by atoms with E-state index < -0.39 is 5.41 Å². The summed E-state index contributed by atoms with van der Waals surface area (Å²) in [5, 5.41) is 9.18. The fourth-order valence-corrected chi connectivity index (χ4v) is 2.90. The molecule has 3 nitrogen and oxygen atoms in total. The van der Waals surface area contributed by atoms with Gasteiger partial charge in [0.05, 0.1) is 12.0 Å². The zero-order valence-corrected chi connectivity index (χ0v) is 9.70. The van der Waals surface area contributed by atoms with Gasteiger partial charge in [0.15, 0.2) is 0 Å². The smallest absolute Gasteiger partial charge is 0.230 e. The molecule has 0 aromatic rings. The molecular formula is C12H21NO2. The summed E-state index contributed by atoms with van der Waals surface area (Å²) in [6.45, 7) is 5.43. The molecule has 2 unspecified atom stereocenters. The van der Waals surface area contributed by atoms with Gasteiger partial charge in [-0.1, -0.05) is 6.42 Å². The van der Waals surface area contributed by atoms with E-state index in [0.29, 0.717) is 0 Å². The van der Waals surface area contributed by atoms with Crippen molar-refractivity contribution in [3.63, 3.8) is 0 Å². The van der Waals surface area contributed by atoms with Gasteiger partial charge in [0, 0.05) is 13.1 Å². The maximum Gasteiger partial charge on any atom is 0.230 e. The molecule has 1 amide bonds. The van der Waals surface area contributed by atoms with Crippen LogP contribution in [0.15, 0.2) is 0 Å². The number of hydrogen-bond donors (Lipinski definition) is 1. The van der Waals surface area contributed by atoms with Crippen LogP contribution in [0, 0.1) is 17.3 Å². The van der Waals surface area contributed by atoms with Crippen LogP contribution in [-0.2, 0) is 4.79 Å². The molecular weight excluding hydrogens is 190 g/mol. The molecule has 0 aromatic carbocycles. The first-order valence-electron chi connectivity index (χ1n) is 5.95. The molecule has 1 N–H and O–H groups in total. The Morgan fingerprint density at radius 3 is 2.33 bits per heavy atom. The van der Waals surface area contributed by atoms with E-state index >= 15 is 0 Å². The summed E-state index contributed by atoms with van der Waals surface area (Å²) in [6, 6.07) is 0. The van der Waals surface area contributed by atoms with E-state index in [1.807, 2.05) is 18.7 Å². The van der Waals surface area contributed by atoms with Gasteiger partial charge < -0.3 is 10.0 Å². The van der Waals surface area contributed by atoms with Gasteiger partial charge in [-0.05, 0) is 38.5 Å². The minimum atomic E-state index is -0.599. The topological polar surface area (TPSA) is 40.5 Å². The van der Waals surface area contributed by atoms with E-state index in [9.17, 15) is 9.90 Å². The van der Waals surface area contributed by atoms with Crippen LogP contribution in [0.2, 0.25) is 0 Å². The quantitative estimate of drug-likeness (QED) is 0.747. The van der Waals surface area contributed by atoms with Crippen molar-refractivity contribution < 1.29 is 9.90 Å². The number of likely N-dealkylation sites (tertiary alicyclic amines) is 1. The summed E-state index contributed by atoms with van der Waals surface area (Å²) < 4.78 is 0. The van der Waals surface area contributed by atoms with Crippen LogP contribution in [0.3, 0.4) is 0 Å². The summed E-state index contributed by atoms with van der Waals surface area (Å²) in [6.07, 6.45) is 3.91. The Morgan fingerprint density at radius 2 is 1.87 bits per heavy atom. The van der Waals surface area contributed by atoms with Gasteiger partial charge in [-0.3, -0.25) is 4.79 Å². The molecule has 1 aliphatic heterocycles. The molecule has 2 atom stereocenters. The van der Waals surface area contributed by atoms with E-state index in [0.717, 1.165) is 24.9 Å². The normalized spacial score (nSPS) is 30.7. The number of carbonyl (C=O) groups is 1. The van der Waals surface area contributed by atoms with Crippen LogP contribution >= 0.6 is 0 Å². The van der Waals surface area contributed by atoms with Crippen molar-refractivity contribution in [3.05, 3.63) is 0 Å². The number of carbonyl (C=O) groups excluding carboxylic acids is 1. The van der Waals surface area contributed by atoms with Gasteiger partial charge in [-0.2, -0.15) is 0 Å². The standard InChI is InChI=1S/C12H21NO2/c1-12(2,8-14)11(15)13-6-9-4-3-5-10(9)7-13/h9-10,14H,3-8H2,1-2H3. The Morgan fingerprint density at radius 1 is 1.33 bits per heavy atom. The van der Waals surface area contributed by atoms with Crippen LogP contribution < -0.4 is 0 Å². The lowest BCUT2D eigenvalue weighted by Gasteiger charge is -2.27. The van der Waals surface area contributed by atoms with Gasteiger partial charge in [0.2, 0.25) is 5.91 Å². The summed E-state index contributed by atoms with van der Waals surface area (Å²) in [5.41, 5.74) is -0.599. The third-order valence-electron chi connectivity index (χ3n) is 3.99. The highest BCUT2D eigenvalue weighted by atomic mass is 16.3. The molecule has 0 bridgehead atoms. The maximum atomic E-state index is 12.1. The van der Waals surface area contributed by atoms with Crippen LogP contribution in [0.1, 0.15) is 33.1 Å². The van der Waals surface area contributed by atoms with E-state index in [-0.39, 0.29) is 12.5 Å². The van der Waals surface area contributed by atoms with Crippen molar-refractivity contribution in [2.24, 2.45) is 17.3 Å². The van der Waals surface area contributed by atoms with Crippen molar-refractivity contribution in [1.82, 2.24) is 4.90 Å². The van der Waals surface area contributed by atoms with E-state index in [2.05, 4.69) is 0 Å². The first-order chi connectivity index (χ1) is 7.04. The number of rotatable bonds is 2. The number of aliphatic hydroxyl groups is 1. The van der Waals surface area contributed by atoms with Crippen molar-refractivity contribution >= 4 is 5.91 Å². The highest BCUT2D eigenvalue weighted by Gasteiger charge is 2.41. The third-order valence-corrected chi connectivity index (χ3v) is 3.99. The molecule has 0 radical (unpaired) electrons. The summed E-state index contributed by atoms with van der Waals surface area (Å²) in [7, 11) is 0. The molecule has 1 aliphatic carbocycles. The van der Waals surface area contributed by atoms with Gasteiger partial charge >= 0.3 is 0 Å². The zero-order chi connectivity index (χ0) is 11.1. The lowest BCUT2D eigenvalue weighted by atomic mass is 9.93. The van der Waals surface area contributed by atoms with Crippen LogP contribution in [0.25, 0.3) is 0 Å². The molecule has 2 rings (SSSR count). The van der Waals surface area contributed by atoms with E-state index in [1.165, 1.54) is 19.3 Å². The molecule has 86 valence electrons. The largest absolute Gasteiger partial charge is 0.395 e. The fraction of sp³-hybridized carbons (Fsp3) is 0.917. The number of nitrogens with zero attached hydrogens (tertiary/aromatic N) is 1. The summed E-state index contributed by atoms with van der Waals surface area (Å²) in [4.78, 5) is 14.1. The fourth-order valence-electron chi connectivity index (χ4n) is 2.90. The highest BCUT2D eigenvalue weighted by Crippen LogP contribution is 2.38. The van der Waals surface area contributed by atoms with Crippen LogP contribution in [-0.4, -0.2) is 35.6 Å². The molecule has 1 saturated heterocycles. The second kappa shape index (κ2) is 3.78. The monoisotopic (exact) mass is 211 g/mol. The SMILES string of the molecule is CC(C)(CO)C(=O)N1CC2CCCC2C1. The summed E-state index contributed by atoms with van der Waals surface area (Å²) >= 11 is 0. The van der Waals surface area contributed by atoms with E-state index in [4.69, 9.17) is 0 Å². The maximum absolute atomic E-state index is 12.1. The Bertz CT molecular complexity index is 250. The molecule has 2 aliphatic rings. The molecule has 1 heterocycles. The predicted octanol–water partition coefficient (Wildman–Crippen LogP) is 1.26. The summed E-state index contributed by atoms with van der Waals surface area (Å²) in [5.74, 6) is 1.60. The Balaban J connectivity index is 1.99. The molecule has 0 spiro atoms. The predicted molar refractivity (Wildman–Crippen MR) is 58.3 cm³/mol. The molecule has 0 aromatic heterocycles. The van der Waals surface area contributed by atoms with Crippen molar-refractivity contribution in [3.8, 4) is 0 Å². The third kappa shape index (κ3) is 1.89. The van der Waals surface area contributed by atoms with Gasteiger partial charge in [0.25, 0.3) is 0 Å². The second-order valence-electron chi connectivity index (χ2n) is 5.70. The van der Waals surface area contributed by atoms with Crippen LogP contribution in [0.5, 0.6) is 0 Å². The van der Waals surface area contributed by atoms with Gasteiger partial charge in [0.1, 0.15) is 0 Å². The average Bonchev–Trinajstić information content (AvgIpc) is 2.75. The minimum Gasteiger partial charge on any atom is -0.395 e. The van der Waals surface area contributed by atoms with Crippen molar-refractivity contribution in [1.29, 1.82) is 0 Å². The lowest BCUT2D eigenvalue weighted by Crippen LogP contribution is -2.42. The Labute approximate surface area is 91.5 Å². The molecule has 1 saturated carbocycles. The van der Waals surface area contributed by atoms with Gasteiger partial charge in [-0.25, -0.2) is 0 Å². The molecule has 2 fully saturated rings. The number of hydrogen-bond acceptors (Lipinski definition) is 2. The Kier molecular flexibility index (Phi) is 2.75. The Hall–Kier alpha value is -0.570. The second-order valence-corrected chi connectivity index (χ2v) is 5.70. The number of fused-ring (bicyclic) bond motifs is 1. The molecule has 15 heavy (non-hydrogen) atoms. The lowest BCUT2D eigenvalue weighted by molar-refractivity contribution is -0.141. The van der Waals surface area contributed by atoms with Crippen LogP contribution in [0.4, 0.5) is 0 Å². The number of amides is 1. The molecule has 3 heteroatoms. The van der Waals surface area contributed by atoms with Crippen molar-refractivity contribution in [2.45, 2.75) is 33.1 Å². The average molecular weight is 211 g/mol. The van der Waals surface area contributed by atoms with Crippen molar-refractivity contribution in [2.75, 3.05) is 19.7 Å². The van der Waals surface area contributed by atoms with Gasteiger partial charge in [-0.15, -0.1) is 0 Å².